The van der Waals surface area contributed by atoms with E-state index in [-0.39, 0.29) is 17.2 Å². The molecular formula is C21H17FOS. The SMILES string of the molecule is Fc1ccc([C@@H]2C[C@H](Sc3ccccc3)Oc3ccccc32)cc1. The average molecular weight is 336 g/mol. The number of benzene rings is 3. The fourth-order valence-electron chi connectivity index (χ4n) is 3.12. The Morgan fingerprint density at radius 3 is 2.33 bits per heavy atom. The topological polar surface area (TPSA) is 9.23 Å². The molecule has 3 aromatic rings. The molecule has 0 saturated heterocycles. The van der Waals surface area contributed by atoms with Gasteiger partial charge in [-0.3, -0.25) is 0 Å². The molecule has 1 heterocycles. The molecule has 3 aromatic carbocycles. The summed E-state index contributed by atoms with van der Waals surface area (Å²) >= 11 is 1.73. The molecule has 0 fully saturated rings. The Bertz CT molecular complexity index is 817. The van der Waals surface area contributed by atoms with Crippen LogP contribution in [-0.4, -0.2) is 5.44 Å². The first-order valence-corrected chi connectivity index (χ1v) is 8.90. The van der Waals surface area contributed by atoms with E-state index in [9.17, 15) is 4.39 Å². The van der Waals surface area contributed by atoms with Crippen molar-refractivity contribution in [2.45, 2.75) is 22.7 Å². The van der Waals surface area contributed by atoms with Crippen LogP contribution in [0.15, 0.2) is 83.8 Å². The zero-order chi connectivity index (χ0) is 16.4. The number of para-hydroxylation sites is 1. The maximum absolute atomic E-state index is 13.3. The number of ether oxygens (including phenoxy) is 1. The summed E-state index contributed by atoms with van der Waals surface area (Å²) in [5.41, 5.74) is 2.34. The normalized spacial score (nSPS) is 19.4. The number of hydrogen-bond acceptors (Lipinski definition) is 2. The molecular weight excluding hydrogens is 319 g/mol. The van der Waals surface area contributed by atoms with Crippen LogP contribution in [0.4, 0.5) is 4.39 Å². The molecule has 0 aromatic heterocycles. The summed E-state index contributed by atoms with van der Waals surface area (Å²) in [4.78, 5) is 1.19. The van der Waals surface area contributed by atoms with Gasteiger partial charge in [-0.25, -0.2) is 4.39 Å². The summed E-state index contributed by atoms with van der Waals surface area (Å²) in [5, 5.41) is 0. The molecule has 120 valence electrons. The highest BCUT2D eigenvalue weighted by molar-refractivity contribution is 7.99. The molecule has 0 radical (unpaired) electrons. The maximum Gasteiger partial charge on any atom is 0.149 e. The van der Waals surface area contributed by atoms with Crippen molar-refractivity contribution >= 4 is 11.8 Å². The molecule has 0 N–H and O–H groups in total. The highest BCUT2D eigenvalue weighted by atomic mass is 32.2. The van der Waals surface area contributed by atoms with Crippen LogP contribution in [0.2, 0.25) is 0 Å². The fourth-order valence-corrected chi connectivity index (χ4v) is 4.18. The van der Waals surface area contributed by atoms with Crippen molar-refractivity contribution in [1.82, 2.24) is 0 Å². The van der Waals surface area contributed by atoms with E-state index in [4.69, 9.17) is 4.74 Å². The van der Waals surface area contributed by atoms with Crippen molar-refractivity contribution in [3.05, 3.63) is 95.8 Å². The molecule has 0 saturated carbocycles. The Morgan fingerprint density at radius 2 is 1.54 bits per heavy atom. The lowest BCUT2D eigenvalue weighted by Crippen LogP contribution is -2.23. The van der Waals surface area contributed by atoms with Gasteiger partial charge >= 0.3 is 0 Å². The molecule has 3 heteroatoms. The van der Waals surface area contributed by atoms with Gasteiger partial charge in [0.05, 0.1) is 0 Å². The fraction of sp³-hybridized carbons (Fsp3) is 0.143. The minimum atomic E-state index is -0.200. The summed E-state index contributed by atoms with van der Waals surface area (Å²) in [7, 11) is 0. The Morgan fingerprint density at radius 1 is 0.833 bits per heavy atom. The summed E-state index contributed by atoms with van der Waals surface area (Å²) in [5.74, 6) is 0.942. The van der Waals surface area contributed by atoms with Gasteiger partial charge in [-0.15, -0.1) is 0 Å². The molecule has 0 unspecified atom stereocenters. The van der Waals surface area contributed by atoms with E-state index in [0.29, 0.717) is 0 Å². The van der Waals surface area contributed by atoms with Gasteiger partial charge in [-0.1, -0.05) is 60.3 Å². The van der Waals surface area contributed by atoms with Gasteiger partial charge in [0, 0.05) is 22.8 Å². The number of hydrogen-bond donors (Lipinski definition) is 0. The molecule has 1 aliphatic heterocycles. The number of rotatable bonds is 3. The van der Waals surface area contributed by atoms with Gasteiger partial charge in [0.1, 0.15) is 17.0 Å². The van der Waals surface area contributed by atoms with E-state index in [1.165, 1.54) is 22.6 Å². The van der Waals surface area contributed by atoms with Gasteiger partial charge in [-0.2, -0.15) is 0 Å². The third-order valence-corrected chi connectivity index (χ3v) is 5.36. The lowest BCUT2D eigenvalue weighted by molar-refractivity contribution is 0.245. The van der Waals surface area contributed by atoms with E-state index in [0.717, 1.165) is 17.7 Å². The Kier molecular flexibility index (Phi) is 4.26. The van der Waals surface area contributed by atoms with Gasteiger partial charge in [0.2, 0.25) is 0 Å². The summed E-state index contributed by atoms with van der Waals surface area (Å²) in [6.07, 6.45) is 0.863. The van der Waals surface area contributed by atoms with Gasteiger partial charge in [0.15, 0.2) is 0 Å². The third kappa shape index (κ3) is 3.17. The molecule has 2 atom stereocenters. The smallest absolute Gasteiger partial charge is 0.149 e. The van der Waals surface area contributed by atoms with Crippen molar-refractivity contribution in [3.8, 4) is 5.75 Å². The Hall–Kier alpha value is -2.26. The van der Waals surface area contributed by atoms with Crippen LogP contribution in [0, 0.1) is 5.82 Å². The Labute approximate surface area is 145 Å². The van der Waals surface area contributed by atoms with Crippen LogP contribution < -0.4 is 4.74 Å². The number of thioether (sulfide) groups is 1. The maximum atomic E-state index is 13.3. The molecule has 0 bridgehead atoms. The van der Waals surface area contributed by atoms with E-state index >= 15 is 0 Å². The molecule has 0 spiro atoms. The molecule has 0 amide bonds. The van der Waals surface area contributed by atoms with Crippen molar-refractivity contribution in [1.29, 1.82) is 0 Å². The highest BCUT2D eigenvalue weighted by Gasteiger charge is 2.29. The monoisotopic (exact) mass is 336 g/mol. The first kappa shape index (κ1) is 15.3. The molecule has 24 heavy (non-hydrogen) atoms. The minimum absolute atomic E-state index is 0.0392. The molecule has 0 aliphatic carbocycles. The first-order chi connectivity index (χ1) is 11.8. The van der Waals surface area contributed by atoms with Crippen LogP contribution in [0.1, 0.15) is 23.5 Å². The minimum Gasteiger partial charge on any atom is -0.479 e. The van der Waals surface area contributed by atoms with Crippen molar-refractivity contribution in [2.24, 2.45) is 0 Å². The zero-order valence-electron chi connectivity index (χ0n) is 13.1. The van der Waals surface area contributed by atoms with Crippen LogP contribution in [0.25, 0.3) is 0 Å². The summed E-state index contributed by atoms with van der Waals surface area (Å²) in [6, 6.07) is 25.3. The number of fused-ring (bicyclic) bond motifs is 1. The van der Waals surface area contributed by atoms with Gasteiger partial charge < -0.3 is 4.74 Å². The van der Waals surface area contributed by atoms with Crippen LogP contribution in [-0.2, 0) is 0 Å². The van der Waals surface area contributed by atoms with Gasteiger partial charge in [0.25, 0.3) is 0 Å². The first-order valence-electron chi connectivity index (χ1n) is 8.02. The molecule has 1 nitrogen and oxygen atoms in total. The van der Waals surface area contributed by atoms with Gasteiger partial charge in [-0.05, 0) is 35.9 Å². The van der Waals surface area contributed by atoms with E-state index < -0.39 is 0 Å². The second-order valence-electron chi connectivity index (χ2n) is 5.86. The number of halogens is 1. The van der Waals surface area contributed by atoms with Crippen molar-refractivity contribution in [2.75, 3.05) is 0 Å². The standard InChI is InChI=1S/C21H17FOS/c22-16-12-10-15(11-13-16)19-14-21(24-17-6-2-1-3-7-17)23-20-9-5-4-8-18(19)20/h1-13,19,21H,14H2/t19-,21-/m0/s1. The molecule has 4 rings (SSSR count). The summed E-state index contributed by atoms with van der Waals surface area (Å²) < 4.78 is 19.5. The lowest BCUT2D eigenvalue weighted by atomic mass is 9.87. The van der Waals surface area contributed by atoms with Crippen molar-refractivity contribution in [3.63, 3.8) is 0 Å². The average Bonchev–Trinajstić information content (AvgIpc) is 2.63. The largest absolute Gasteiger partial charge is 0.479 e. The third-order valence-electron chi connectivity index (χ3n) is 4.26. The van der Waals surface area contributed by atoms with Crippen LogP contribution >= 0.6 is 11.8 Å². The van der Waals surface area contributed by atoms with Crippen molar-refractivity contribution < 1.29 is 9.13 Å². The zero-order valence-corrected chi connectivity index (χ0v) is 13.9. The Balaban J connectivity index is 1.66. The van der Waals surface area contributed by atoms with Crippen LogP contribution in [0.3, 0.4) is 0 Å². The second kappa shape index (κ2) is 6.70. The lowest BCUT2D eigenvalue weighted by Gasteiger charge is -2.32. The molecule has 1 aliphatic rings. The predicted molar refractivity (Wildman–Crippen MR) is 96.0 cm³/mol. The van der Waals surface area contributed by atoms with E-state index in [1.807, 2.05) is 48.5 Å². The van der Waals surface area contributed by atoms with E-state index in [2.05, 4.69) is 18.2 Å². The van der Waals surface area contributed by atoms with Crippen LogP contribution in [0.5, 0.6) is 5.75 Å². The predicted octanol–water partition coefficient (Wildman–Crippen LogP) is 5.86. The quantitative estimate of drug-likeness (QED) is 0.592. The summed E-state index contributed by atoms with van der Waals surface area (Å²) in [6.45, 7) is 0. The highest BCUT2D eigenvalue weighted by Crippen LogP contribution is 2.44. The second-order valence-corrected chi connectivity index (χ2v) is 7.09. The van der Waals surface area contributed by atoms with E-state index in [1.54, 1.807) is 11.8 Å².